The zero-order chi connectivity index (χ0) is 20.4. The summed E-state index contributed by atoms with van der Waals surface area (Å²) in [6, 6.07) is 8.95. The van der Waals surface area contributed by atoms with E-state index in [1.165, 1.54) is 38.0 Å². The number of para-hydroxylation sites is 1. The van der Waals surface area contributed by atoms with Gasteiger partial charge in [-0.1, -0.05) is 18.2 Å². The number of benzene rings is 1. The standard InChI is InChI=1S/C20H15N3O5S/c1-26-16-9-21-12(8-22-16)18-17(20(25)27-2)13(10-29-18)23-19(24)15-7-11-5-3-4-6-14(11)28-15/h3-10H,1-2H3,(H,23,24). The number of hydrogen-bond acceptors (Lipinski definition) is 8. The molecule has 9 heteroatoms. The number of thiophene rings is 1. The average Bonchev–Trinajstić information content (AvgIpc) is 3.37. The fourth-order valence-electron chi connectivity index (χ4n) is 2.76. The van der Waals surface area contributed by atoms with E-state index in [2.05, 4.69) is 15.3 Å². The second-order valence-electron chi connectivity index (χ2n) is 5.89. The Morgan fingerprint density at radius 3 is 2.66 bits per heavy atom. The van der Waals surface area contributed by atoms with Gasteiger partial charge in [-0.2, -0.15) is 0 Å². The summed E-state index contributed by atoms with van der Waals surface area (Å²) in [5, 5.41) is 5.18. The van der Waals surface area contributed by atoms with Crippen molar-refractivity contribution in [3.63, 3.8) is 0 Å². The Morgan fingerprint density at radius 2 is 1.97 bits per heavy atom. The van der Waals surface area contributed by atoms with E-state index < -0.39 is 11.9 Å². The first-order chi connectivity index (χ1) is 14.1. The van der Waals surface area contributed by atoms with Crippen LogP contribution in [0.15, 0.2) is 52.5 Å². The molecule has 4 rings (SSSR count). The second kappa shape index (κ2) is 7.72. The van der Waals surface area contributed by atoms with Crippen LogP contribution < -0.4 is 10.1 Å². The molecule has 29 heavy (non-hydrogen) atoms. The Hall–Kier alpha value is -3.72. The van der Waals surface area contributed by atoms with Crippen molar-refractivity contribution in [3.05, 3.63) is 59.4 Å². The highest BCUT2D eigenvalue weighted by atomic mass is 32.1. The van der Waals surface area contributed by atoms with E-state index in [0.29, 0.717) is 27.7 Å². The van der Waals surface area contributed by atoms with Crippen LogP contribution >= 0.6 is 11.3 Å². The van der Waals surface area contributed by atoms with Gasteiger partial charge in [-0.05, 0) is 12.1 Å². The summed E-state index contributed by atoms with van der Waals surface area (Å²) < 4.78 is 15.5. The minimum Gasteiger partial charge on any atom is -0.480 e. The Kier molecular flexibility index (Phi) is 4.96. The number of furan rings is 1. The molecule has 0 radical (unpaired) electrons. The van der Waals surface area contributed by atoms with E-state index in [9.17, 15) is 9.59 Å². The van der Waals surface area contributed by atoms with Crippen molar-refractivity contribution in [1.82, 2.24) is 9.97 Å². The molecule has 0 saturated heterocycles. The molecule has 0 aliphatic rings. The topological polar surface area (TPSA) is 104 Å². The number of esters is 1. The molecule has 3 aromatic heterocycles. The monoisotopic (exact) mass is 409 g/mol. The van der Waals surface area contributed by atoms with Crippen LogP contribution in [0.5, 0.6) is 5.88 Å². The number of rotatable bonds is 5. The molecule has 0 aliphatic carbocycles. The number of anilines is 1. The summed E-state index contributed by atoms with van der Waals surface area (Å²) >= 11 is 1.24. The quantitative estimate of drug-likeness (QED) is 0.497. The molecule has 0 unspecified atom stereocenters. The number of ether oxygens (including phenoxy) is 2. The number of aromatic nitrogens is 2. The van der Waals surface area contributed by atoms with Gasteiger partial charge in [-0.15, -0.1) is 11.3 Å². The highest BCUT2D eigenvalue weighted by molar-refractivity contribution is 7.14. The van der Waals surface area contributed by atoms with Gasteiger partial charge in [0.05, 0.1) is 42.9 Å². The zero-order valence-corrected chi connectivity index (χ0v) is 16.3. The maximum atomic E-state index is 12.7. The molecule has 0 aliphatic heterocycles. The summed E-state index contributed by atoms with van der Waals surface area (Å²) in [4.78, 5) is 34.0. The van der Waals surface area contributed by atoms with E-state index in [1.54, 1.807) is 17.5 Å². The van der Waals surface area contributed by atoms with Crippen molar-refractivity contribution >= 4 is 39.9 Å². The smallest absolute Gasteiger partial charge is 0.341 e. The molecule has 146 valence electrons. The van der Waals surface area contributed by atoms with Crippen molar-refractivity contribution in [2.45, 2.75) is 0 Å². The first-order valence-corrected chi connectivity index (χ1v) is 9.35. The minimum atomic E-state index is -0.598. The van der Waals surface area contributed by atoms with Gasteiger partial charge < -0.3 is 19.2 Å². The predicted molar refractivity (Wildman–Crippen MR) is 107 cm³/mol. The molecule has 0 saturated carbocycles. The van der Waals surface area contributed by atoms with Crippen LogP contribution in [0.3, 0.4) is 0 Å². The summed E-state index contributed by atoms with van der Waals surface area (Å²) in [6.07, 6.45) is 2.94. The molecule has 1 N–H and O–H groups in total. The first-order valence-electron chi connectivity index (χ1n) is 8.47. The first kappa shape index (κ1) is 18.6. The Morgan fingerprint density at radius 1 is 1.14 bits per heavy atom. The number of amides is 1. The summed E-state index contributed by atoms with van der Waals surface area (Å²) in [7, 11) is 2.76. The summed E-state index contributed by atoms with van der Waals surface area (Å²) in [5.74, 6) is -0.586. The molecule has 1 aromatic carbocycles. The van der Waals surface area contributed by atoms with Crippen LogP contribution in [0.4, 0.5) is 5.69 Å². The van der Waals surface area contributed by atoms with Crippen LogP contribution in [0.25, 0.3) is 21.5 Å². The number of hydrogen-bond donors (Lipinski definition) is 1. The maximum Gasteiger partial charge on any atom is 0.341 e. The number of carbonyl (C=O) groups excluding carboxylic acids is 2. The molecule has 0 atom stereocenters. The van der Waals surface area contributed by atoms with Crippen molar-refractivity contribution in [2.75, 3.05) is 19.5 Å². The van der Waals surface area contributed by atoms with E-state index in [0.717, 1.165) is 5.39 Å². The van der Waals surface area contributed by atoms with E-state index in [-0.39, 0.29) is 11.3 Å². The fraction of sp³-hybridized carbons (Fsp3) is 0.100. The van der Waals surface area contributed by atoms with Crippen molar-refractivity contribution in [2.24, 2.45) is 0 Å². The third-order valence-corrected chi connectivity index (χ3v) is 5.15. The molecule has 0 bridgehead atoms. The van der Waals surface area contributed by atoms with Gasteiger partial charge in [-0.3, -0.25) is 4.79 Å². The zero-order valence-electron chi connectivity index (χ0n) is 15.5. The minimum absolute atomic E-state index is 0.138. The molecular formula is C20H15N3O5S. The largest absolute Gasteiger partial charge is 0.480 e. The SMILES string of the molecule is COC(=O)c1c(NC(=O)c2cc3ccccc3o2)csc1-c1cnc(OC)cn1. The van der Waals surface area contributed by atoms with Gasteiger partial charge in [0.15, 0.2) is 5.76 Å². The van der Waals surface area contributed by atoms with Gasteiger partial charge in [0.25, 0.3) is 5.91 Å². The normalized spacial score (nSPS) is 10.7. The van der Waals surface area contributed by atoms with Crippen LogP contribution in [-0.2, 0) is 4.74 Å². The number of nitrogens with one attached hydrogen (secondary N) is 1. The Balaban J connectivity index is 1.68. The Labute approximate surface area is 169 Å². The lowest BCUT2D eigenvalue weighted by atomic mass is 10.2. The lowest BCUT2D eigenvalue weighted by Gasteiger charge is -2.07. The van der Waals surface area contributed by atoms with Crippen molar-refractivity contribution < 1.29 is 23.5 Å². The maximum absolute atomic E-state index is 12.7. The van der Waals surface area contributed by atoms with Gasteiger partial charge in [0.1, 0.15) is 11.1 Å². The van der Waals surface area contributed by atoms with E-state index >= 15 is 0 Å². The molecule has 3 heterocycles. The van der Waals surface area contributed by atoms with Gasteiger partial charge in [0, 0.05) is 10.8 Å². The van der Waals surface area contributed by atoms with Gasteiger partial charge >= 0.3 is 5.97 Å². The predicted octanol–water partition coefficient (Wildman–Crippen LogP) is 4.00. The number of nitrogens with zero attached hydrogens (tertiary/aromatic N) is 2. The number of carbonyl (C=O) groups is 2. The third kappa shape index (κ3) is 3.55. The van der Waals surface area contributed by atoms with Crippen LogP contribution in [0.2, 0.25) is 0 Å². The lowest BCUT2D eigenvalue weighted by Crippen LogP contribution is -2.14. The molecule has 4 aromatic rings. The summed E-state index contributed by atoms with van der Waals surface area (Å²) in [6.45, 7) is 0. The van der Waals surface area contributed by atoms with Crippen molar-refractivity contribution in [1.29, 1.82) is 0 Å². The third-order valence-electron chi connectivity index (χ3n) is 4.15. The Bertz CT molecular complexity index is 1160. The van der Waals surface area contributed by atoms with Gasteiger partial charge in [0.2, 0.25) is 5.88 Å². The molecule has 8 nitrogen and oxygen atoms in total. The second-order valence-corrected chi connectivity index (χ2v) is 6.77. The highest BCUT2D eigenvalue weighted by Crippen LogP contribution is 2.36. The molecule has 0 spiro atoms. The summed E-state index contributed by atoms with van der Waals surface area (Å²) in [5.41, 5.74) is 1.56. The molecule has 0 fully saturated rings. The van der Waals surface area contributed by atoms with E-state index in [1.807, 2.05) is 18.2 Å². The molecular weight excluding hydrogens is 394 g/mol. The number of fused-ring (bicyclic) bond motifs is 1. The van der Waals surface area contributed by atoms with Gasteiger partial charge in [-0.25, -0.2) is 14.8 Å². The highest BCUT2D eigenvalue weighted by Gasteiger charge is 2.24. The number of methoxy groups -OCH3 is 2. The van der Waals surface area contributed by atoms with E-state index in [4.69, 9.17) is 13.9 Å². The van der Waals surface area contributed by atoms with Crippen LogP contribution in [-0.4, -0.2) is 36.1 Å². The average molecular weight is 409 g/mol. The van der Waals surface area contributed by atoms with Crippen LogP contribution in [0, 0.1) is 0 Å². The fourth-order valence-corrected chi connectivity index (χ4v) is 3.71. The lowest BCUT2D eigenvalue weighted by molar-refractivity contribution is 0.0603. The molecule has 1 amide bonds. The van der Waals surface area contributed by atoms with Crippen LogP contribution in [0.1, 0.15) is 20.9 Å². The van der Waals surface area contributed by atoms with Crippen molar-refractivity contribution in [3.8, 4) is 16.5 Å².